The summed E-state index contributed by atoms with van der Waals surface area (Å²) in [6.07, 6.45) is 0. The maximum atomic E-state index is 9.66. The van der Waals surface area contributed by atoms with E-state index in [9.17, 15) is 5.11 Å². The van der Waals surface area contributed by atoms with E-state index in [0.717, 1.165) is 17.8 Å². The number of nitrogens with one attached hydrogen (secondary N) is 1. The second-order valence-electron chi connectivity index (χ2n) is 4.81. The van der Waals surface area contributed by atoms with Crippen LogP contribution in [0.15, 0.2) is 24.3 Å². The van der Waals surface area contributed by atoms with E-state index >= 15 is 0 Å². The Balaban J connectivity index is 2.11. The fourth-order valence-corrected chi connectivity index (χ4v) is 2.03. The van der Waals surface area contributed by atoms with Crippen molar-refractivity contribution in [1.82, 2.24) is 4.57 Å². The van der Waals surface area contributed by atoms with E-state index in [1.165, 1.54) is 17.0 Å². The second kappa shape index (κ2) is 4.77. The summed E-state index contributed by atoms with van der Waals surface area (Å²) >= 11 is 0. The molecule has 3 nitrogen and oxygen atoms in total. The van der Waals surface area contributed by atoms with Gasteiger partial charge in [0, 0.05) is 36.7 Å². The van der Waals surface area contributed by atoms with Crippen LogP contribution in [0.4, 0.5) is 5.69 Å². The van der Waals surface area contributed by atoms with Gasteiger partial charge in [0.2, 0.25) is 0 Å². The molecule has 1 aromatic carbocycles. The topological polar surface area (TPSA) is 37.2 Å². The number of nitrogens with zero attached hydrogens (tertiary/aromatic N) is 1. The molecule has 0 aliphatic carbocycles. The maximum Gasteiger partial charge on any atom is 0.120 e. The Morgan fingerprint density at radius 2 is 1.89 bits per heavy atom. The molecule has 0 saturated heterocycles. The maximum absolute atomic E-state index is 9.66. The number of aryl methyl sites for hydroxylation is 2. The molecule has 0 fully saturated rings. The van der Waals surface area contributed by atoms with Crippen molar-refractivity contribution in [3.8, 4) is 5.75 Å². The van der Waals surface area contributed by atoms with Crippen molar-refractivity contribution in [3.63, 3.8) is 0 Å². The highest BCUT2D eigenvalue weighted by Gasteiger charge is 2.06. The first-order valence-electron chi connectivity index (χ1n) is 6.14. The van der Waals surface area contributed by atoms with Gasteiger partial charge in [0.1, 0.15) is 5.75 Å². The predicted molar refractivity (Wildman–Crippen MR) is 75.1 cm³/mol. The monoisotopic (exact) mass is 244 g/mol. The van der Waals surface area contributed by atoms with Gasteiger partial charge in [0.25, 0.3) is 0 Å². The molecule has 0 radical (unpaired) electrons. The summed E-state index contributed by atoms with van der Waals surface area (Å²) < 4.78 is 2.18. The quantitative estimate of drug-likeness (QED) is 0.869. The molecule has 0 amide bonds. The van der Waals surface area contributed by atoms with Gasteiger partial charge in [-0.3, -0.25) is 0 Å². The zero-order valence-corrected chi connectivity index (χ0v) is 11.4. The first-order chi connectivity index (χ1) is 8.49. The summed E-state index contributed by atoms with van der Waals surface area (Å²) in [6, 6.07) is 7.86. The Morgan fingerprint density at radius 3 is 2.44 bits per heavy atom. The molecule has 0 bridgehead atoms. The molecule has 18 heavy (non-hydrogen) atoms. The minimum Gasteiger partial charge on any atom is -0.508 e. The number of hydrogen-bond donors (Lipinski definition) is 2. The molecule has 2 rings (SSSR count). The number of benzene rings is 1. The average Bonchev–Trinajstić information content (AvgIpc) is 2.58. The lowest BCUT2D eigenvalue weighted by Gasteiger charge is -2.08. The zero-order chi connectivity index (χ0) is 13.3. The number of phenols is 1. The fraction of sp³-hybridized carbons (Fsp3) is 0.333. The van der Waals surface area contributed by atoms with E-state index in [0.29, 0.717) is 5.75 Å². The van der Waals surface area contributed by atoms with Gasteiger partial charge in [0.15, 0.2) is 0 Å². The van der Waals surface area contributed by atoms with Gasteiger partial charge in [-0.05, 0) is 44.0 Å². The van der Waals surface area contributed by atoms with Crippen LogP contribution in [0.2, 0.25) is 0 Å². The van der Waals surface area contributed by atoms with Crippen molar-refractivity contribution < 1.29 is 5.11 Å². The molecule has 2 aromatic rings. The first-order valence-corrected chi connectivity index (χ1v) is 6.14. The van der Waals surface area contributed by atoms with Crippen LogP contribution < -0.4 is 5.32 Å². The van der Waals surface area contributed by atoms with Crippen molar-refractivity contribution in [1.29, 1.82) is 0 Å². The molecule has 0 aliphatic rings. The summed E-state index contributed by atoms with van der Waals surface area (Å²) in [5, 5.41) is 13.0. The van der Waals surface area contributed by atoms with Crippen LogP contribution >= 0.6 is 0 Å². The van der Waals surface area contributed by atoms with Crippen LogP contribution in [-0.4, -0.2) is 9.67 Å². The van der Waals surface area contributed by atoms with Crippen LogP contribution in [-0.2, 0) is 13.6 Å². The van der Waals surface area contributed by atoms with Gasteiger partial charge in [-0.25, -0.2) is 0 Å². The van der Waals surface area contributed by atoms with Crippen LogP contribution in [0, 0.1) is 20.8 Å². The highest BCUT2D eigenvalue weighted by molar-refractivity contribution is 5.51. The van der Waals surface area contributed by atoms with Crippen molar-refractivity contribution >= 4 is 5.69 Å². The number of anilines is 1. The Kier molecular flexibility index (Phi) is 3.32. The van der Waals surface area contributed by atoms with Crippen LogP contribution in [0.3, 0.4) is 0 Å². The van der Waals surface area contributed by atoms with E-state index in [-0.39, 0.29) is 0 Å². The smallest absolute Gasteiger partial charge is 0.120 e. The van der Waals surface area contributed by atoms with Crippen LogP contribution in [0.5, 0.6) is 5.75 Å². The third kappa shape index (κ3) is 2.35. The molecule has 0 saturated carbocycles. The second-order valence-corrected chi connectivity index (χ2v) is 4.81. The Morgan fingerprint density at radius 1 is 1.17 bits per heavy atom. The van der Waals surface area contributed by atoms with E-state index in [1.54, 1.807) is 6.07 Å². The van der Waals surface area contributed by atoms with Crippen LogP contribution in [0.1, 0.15) is 22.5 Å². The lowest BCUT2D eigenvalue weighted by Crippen LogP contribution is -2.01. The Bertz CT molecular complexity index is 570. The van der Waals surface area contributed by atoms with Gasteiger partial charge < -0.3 is 15.0 Å². The third-order valence-electron chi connectivity index (χ3n) is 3.57. The number of aromatic nitrogens is 1. The third-order valence-corrected chi connectivity index (χ3v) is 3.57. The van der Waals surface area contributed by atoms with Gasteiger partial charge in [0.05, 0.1) is 0 Å². The summed E-state index contributed by atoms with van der Waals surface area (Å²) in [4.78, 5) is 0. The highest BCUT2D eigenvalue weighted by atomic mass is 16.3. The summed E-state index contributed by atoms with van der Waals surface area (Å²) in [7, 11) is 2.08. The number of aromatic hydroxyl groups is 1. The van der Waals surface area contributed by atoms with Crippen molar-refractivity contribution in [2.24, 2.45) is 7.05 Å². The zero-order valence-electron chi connectivity index (χ0n) is 11.4. The number of rotatable bonds is 3. The minimum absolute atomic E-state index is 0.334. The molecule has 0 atom stereocenters. The van der Waals surface area contributed by atoms with E-state index in [4.69, 9.17) is 0 Å². The van der Waals surface area contributed by atoms with Gasteiger partial charge in [-0.1, -0.05) is 6.07 Å². The van der Waals surface area contributed by atoms with E-state index < -0.39 is 0 Å². The van der Waals surface area contributed by atoms with Gasteiger partial charge >= 0.3 is 0 Å². The summed E-state index contributed by atoms with van der Waals surface area (Å²) in [6.45, 7) is 6.89. The van der Waals surface area contributed by atoms with Gasteiger partial charge in [-0.2, -0.15) is 0 Å². The van der Waals surface area contributed by atoms with Gasteiger partial charge in [-0.15, -0.1) is 0 Å². The summed E-state index contributed by atoms with van der Waals surface area (Å²) in [5.41, 5.74) is 5.66. The molecule has 3 heteroatoms. The van der Waals surface area contributed by atoms with Crippen molar-refractivity contribution in [2.75, 3.05) is 5.32 Å². The predicted octanol–water partition coefficient (Wildman–Crippen LogP) is 3.27. The molecule has 2 N–H and O–H groups in total. The van der Waals surface area contributed by atoms with Crippen molar-refractivity contribution in [3.05, 3.63) is 46.8 Å². The highest BCUT2D eigenvalue weighted by Crippen LogP contribution is 2.22. The lowest BCUT2D eigenvalue weighted by atomic mass is 10.2. The first kappa shape index (κ1) is 12.6. The molecule has 1 heterocycles. The molecule has 0 aliphatic heterocycles. The normalized spacial score (nSPS) is 10.7. The molecular formula is C15H20N2O. The SMILES string of the molecule is Cc1ccc(NCc2cc(C)n(C)c2C)cc1O. The Hall–Kier alpha value is -1.90. The largest absolute Gasteiger partial charge is 0.508 e. The molecule has 96 valence electrons. The fourth-order valence-electron chi connectivity index (χ4n) is 2.03. The lowest BCUT2D eigenvalue weighted by molar-refractivity contribution is 0.471. The summed E-state index contributed by atoms with van der Waals surface area (Å²) in [5.74, 6) is 0.334. The van der Waals surface area contributed by atoms with E-state index in [1.807, 2.05) is 19.1 Å². The van der Waals surface area contributed by atoms with Crippen LogP contribution in [0.25, 0.3) is 0 Å². The van der Waals surface area contributed by atoms with E-state index in [2.05, 4.69) is 36.8 Å². The standard InChI is InChI=1S/C15H20N2O/c1-10-5-6-14(8-15(10)18)16-9-13-7-11(2)17(4)12(13)3/h5-8,16,18H,9H2,1-4H3. The molecule has 0 spiro atoms. The average molecular weight is 244 g/mol. The Labute approximate surface area is 108 Å². The molecular weight excluding hydrogens is 224 g/mol. The van der Waals surface area contributed by atoms with Crippen molar-refractivity contribution in [2.45, 2.75) is 27.3 Å². The number of hydrogen-bond acceptors (Lipinski definition) is 2. The molecule has 1 aromatic heterocycles. The molecule has 0 unspecified atom stereocenters. The minimum atomic E-state index is 0.334. The number of phenolic OH excluding ortho intramolecular Hbond substituents is 1.